The minimum atomic E-state index is -1.03. The number of rotatable bonds is 3. The van der Waals surface area contributed by atoms with Crippen molar-refractivity contribution >= 4 is 12.0 Å². The molecule has 0 aromatic heterocycles. The molecule has 7 nitrogen and oxygen atoms in total. The predicted molar refractivity (Wildman–Crippen MR) is 65.9 cm³/mol. The van der Waals surface area contributed by atoms with Crippen LogP contribution in [0.5, 0.6) is 0 Å². The molecule has 2 fully saturated rings. The third-order valence-electron chi connectivity index (χ3n) is 3.49. The molecule has 2 aliphatic heterocycles. The second-order valence-corrected chi connectivity index (χ2v) is 4.92. The van der Waals surface area contributed by atoms with Gasteiger partial charge in [-0.2, -0.15) is 0 Å². The van der Waals surface area contributed by atoms with Crippen molar-refractivity contribution in [2.24, 2.45) is 0 Å². The van der Waals surface area contributed by atoms with Crippen molar-refractivity contribution in [3.8, 4) is 0 Å². The molecule has 7 heteroatoms. The number of carboxylic acids is 1. The summed E-state index contributed by atoms with van der Waals surface area (Å²) < 4.78 is 10.6. The van der Waals surface area contributed by atoms with Gasteiger partial charge in [-0.15, -0.1) is 0 Å². The van der Waals surface area contributed by atoms with E-state index < -0.39 is 12.0 Å². The van der Waals surface area contributed by atoms with Crippen LogP contribution in [0.4, 0.5) is 4.79 Å². The number of hydrogen-bond donors (Lipinski definition) is 1. The first-order valence-electron chi connectivity index (χ1n) is 6.53. The zero-order valence-electron chi connectivity index (χ0n) is 11.1. The molecule has 2 unspecified atom stereocenters. The molecule has 0 aliphatic carbocycles. The standard InChI is InChI=1S/C12H20N2O5/c1-13(7-9-3-2-5-19-9)12(17)14-4-6-18-8-10(14)11(15)16/h9-10H,2-8H2,1H3,(H,15,16). The summed E-state index contributed by atoms with van der Waals surface area (Å²) in [6.45, 7) is 1.98. The average molecular weight is 272 g/mol. The number of nitrogens with zero attached hydrogens (tertiary/aromatic N) is 2. The fourth-order valence-electron chi connectivity index (χ4n) is 2.43. The molecule has 2 amide bonds. The van der Waals surface area contributed by atoms with Gasteiger partial charge in [0.05, 0.1) is 19.3 Å². The molecule has 0 saturated carbocycles. The summed E-state index contributed by atoms with van der Waals surface area (Å²) in [7, 11) is 1.68. The van der Waals surface area contributed by atoms with Crippen molar-refractivity contribution in [3.05, 3.63) is 0 Å². The van der Waals surface area contributed by atoms with Gasteiger partial charge in [0.2, 0.25) is 0 Å². The van der Waals surface area contributed by atoms with Crippen molar-refractivity contribution in [3.63, 3.8) is 0 Å². The number of ether oxygens (including phenoxy) is 2. The van der Waals surface area contributed by atoms with Crippen LogP contribution >= 0.6 is 0 Å². The Balaban J connectivity index is 1.93. The highest BCUT2D eigenvalue weighted by molar-refractivity contribution is 5.83. The number of carbonyl (C=O) groups excluding carboxylic acids is 1. The maximum atomic E-state index is 12.3. The van der Waals surface area contributed by atoms with E-state index in [0.717, 1.165) is 19.4 Å². The van der Waals surface area contributed by atoms with Crippen LogP contribution in [0.15, 0.2) is 0 Å². The van der Waals surface area contributed by atoms with Crippen molar-refractivity contribution in [2.45, 2.75) is 25.0 Å². The van der Waals surface area contributed by atoms with Gasteiger partial charge >= 0.3 is 12.0 Å². The normalized spacial score (nSPS) is 27.3. The summed E-state index contributed by atoms with van der Waals surface area (Å²) in [6.07, 6.45) is 2.03. The number of urea groups is 1. The lowest BCUT2D eigenvalue weighted by molar-refractivity contribution is -0.147. The number of carboxylic acid groups (broad SMARTS) is 1. The number of hydrogen-bond acceptors (Lipinski definition) is 4. The molecule has 2 rings (SSSR count). The fraction of sp³-hybridized carbons (Fsp3) is 0.833. The molecule has 2 atom stereocenters. The fourth-order valence-corrected chi connectivity index (χ4v) is 2.43. The predicted octanol–water partition coefficient (Wildman–Crippen LogP) is 0.00260. The van der Waals surface area contributed by atoms with E-state index in [2.05, 4.69) is 0 Å². The minimum absolute atomic E-state index is 0.0504. The van der Waals surface area contributed by atoms with Crippen LogP contribution in [0.3, 0.4) is 0 Å². The van der Waals surface area contributed by atoms with Crippen LogP contribution in [-0.4, -0.2) is 79.0 Å². The Bertz CT molecular complexity index is 343. The number of likely N-dealkylation sites (N-methyl/N-ethyl adjacent to an activating group) is 1. The Hall–Kier alpha value is -1.34. The molecular formula is C12H20N2O5. The third kappa shape index (κ3) is 3.36. The van der Waals surface area contributed by atoms with E-state index in [9.17, 15) is 9.59 Å². The first-order valence-corrected chi connectivity index (χ1v) is 6.53. The molecule has 1 N–H and O–H groups in total. The summed E-state index contributed by atoms with van der Waals surface area (Å²) in [5.74, 6) is -1.03. The van der Waals surface area contributed by atoms with E-state index in [1.54, 1.807) is 7.05 Å². The second-order valence-electron chi connectivity index (χ2n) is 4.92. The highest BCUT2D eigenvalue weighted by atomic mass is 16.5. The summed E-state index contributed by atoms with van der Waals surface area (Å²) in [4.78, 5) is 26.3. The molecule has 0 radical (unpaired) electrons. The molecular weight excluding hydrogens is 252 g/mol. The molecule has 0 aromatic carbocycles. The molecule has 0 aromatic rings. The molecule has 0 spiro atoms. The lowest BCUT2D eigenvalue weighted by Gasteiger charge is -2.36. The zero-order chi connectivity index (χ0) is 13.8. The number of aliphatic carboxylic acids is 1. The SMILES string of the molecule is CN(CC1CCCO1)C(=O)N1CCOCC1C(=O)O. The largest absolute Gasteiger partial charge is 0.480 e. The van der Waals surface area contributed by atoms with Gasteiger partial charge in [-0.3, -0.25) is 0 Å². The topological polar surface area (TPSA) is 79.3 Å². The van der Waals surface area contributed by atoms with E-state index in [4.69, 9.17) is 14.6 Å². The average Bonchev–Trinajstić information content (AvgIpc) is 2.90. The van der Waals surface area contributed by atoms with Crippen molar-refractivity contribution in [1.82, 2.24) is 9.80 Å². The minimum Gasteiger partial charge on any atom is -0.480 e. The Kier molecular flexibility index (Phi) is 4.60. The smallest absolute Gasteiger partial charge is 0.328 e. The van der Waals surface area contributed by atoms with Crippen LogP contribution in [0, 0.1) is 0 Å². The van der Waals surface area contributed by atoms with E-state index in [0.29, 0.717) is 19.7 Å². The van der Waals surface area contributed by atoms with Crippen LogP contribution < -0.4 is 0 Å². The van der Waals surface area contributed by atoms with Gasteiger partial charge in [0.15, 0.2) is 6.04 Å². The molecule has 2 heterocycles. The molecule has 2 saturated heterocycles. The van der Waals surface area contributed by atoms with Gasteiger partial charge < -0.3 is 24.4 Å². The molecule has 108 valence electrons. The van der Waals surface area contributed by atoms with Crippen LogP contribution in [0.1, 0.15) is 12.8 Å². The van der Waals surface area contributed by atoms with Gasteiger partial charge in [0.1, 0.15) is 0 Å². The maximum absolute atomic E-state index is 12.3. The van der Waals surface area contributed by atoms with Crippen LogP contribution in [0.25, 0.3) is 0 Å². The molecule has 0 bridgehead atoms. The highest BCUT2D eigenvalue weighted by Crippen LogP contribution is 2.15. The molecule has 19 heavy (non-hydrogen) atoms. The van der Waals surface area contributed by atoms with Gasteiger partial charge in [-0.05, 0) is 12.8 Å². The first kappa shape index (κ1) is 14.1. The number of morpholine rings is 1. The Morgan fingerprint density at radius 3 is 2.84 bits per heavy atom. The number of amides is 2. The lowest BCUT2D eigenvalue weighted by Crippen LogP contribution is -2.56. The van der Waals surface area contributed by atoms with Gasteiger partial charge in [0.25, 0.3) is 0 Å². The van der Waals surface area contributed by atoms with Gasteiger partial charge in [0, 0.05) is 26.7 Å². The Morgan fingerprint density at radius 2 is 2.21 bits per heavy atom. The second kappa shape index (κ2) is 6.21. The maximum Gasteiger partial charge on any atom is 0.328 e. The number of carbonyl (C=O) groups is 2. The first-order chi connectivity index (χ1) is 9.09. The van der Waals surface area contributed by atoms with E-state index in [1.807, 2.05) is 0 Å². The Labute approximate surface area is 112 Å². The van der Waals surface area contributed by atoms with Gasteiger partial charge in [-0.25, -0.2) is 9.59 Å². The van der Waals surface area contributed by atoms with Crippen molar-refractivity contribution < 1.29 is 24.2 Å². The highest BCUT2D eigenvalue weighted by Gasteiger charge is 2.34. The van der Waals surface area contributed by atoms with Crippen molar-refractivity contribution in [2.75, 3.05) is 40.0 Å². The Morgan fingerprint density at radius 1 is 1.42 bits per heavy atom. The van der Waals surface area contributed by atoms with E-state index >= 15 is 0 Å². The summed E-state index contributed by atoms with van der Waals surface area (Å²) in [5, 5.41) is 9.11. The van der Waals surface area contributed by atoms with Gasteiger partial charge in [-0.1, -0.05) is 0 Å². The summed E-state index contributed by atoms with van der Waals surface area (Å²) in [5.41, 5.74) is 0. The van der Waals surface area contributed by atoms with E-state index in [1.165, 1.54) is 9.80 Å². The zero-order valence-corrected chi connectivity index (χ0v) is 11.1. The van der Waals surface area contributed by atoms with Crippen LogP contribution in [0.2, 0.25) is 0 Å². The molecule has 2 aliphatic rings. The van der Waals surface area contributed by atoms with E-state index in [-0.39, 0.29) is 18.7 Å². The van der Waals surface area contributed by atoms with Crippen LogP contribution in [-0.2, 0) is 14.3 Å². The van der Waals surface area contributed by atoms with Crippen molar-refractivity contribution in [1.29, 1.82) is 0 Å². The summed E-state index contributed by atoms with van der Waals surface area (Å²) >= 11 is 0. The third-order valence-corrected chi connectivity index (χ3v) is 3.49. The lowest BCUT2D eigenvalue weighted by atomic mass is 10.2. The summed E-state index contributed by atoms with van der Waals surface area (Å²) in [6, 6.07) is -1.17. The monoisotopic (exact) mass is 272 g/mol. The quantitative estimate of drug-likeness (QED) is 0.782.